The van der Waals surface area contributed by atoms with Gasteiger partial charge >= 0.3 is 0 Å². The van der Waals surface area contributed by atoms with Crippen LogP contribution in [0.1, 0.15) is 37.0 Å². The van der Waals surface area contributed by atoms with Gasteiger partial charge in [0.15, 0.2) is 0 Å². The molecule has 0 fully saturated rings. The highest BCUT2D eigenvalue weighted by molar-refractivity contribution is 9.10. The largest absolute Gasteiger partial charge is 0.349 e. The van der Waals surface area contributed by atoms with E-state index in [2.05, 4.69) is 26.2 Å². The summed E-state index contributed by atoms with van der Waals surface area (Å²) < 4.78 is 0.742. The number of amides is 1. The molecule has 0 spiro atoms. The van der Waals surface area contributed by atoms with Gasteiger partial charge < -0.3 is 5.32 Å². The lowest BCUT2D eigenvalue weighted by Gasteiger charge is -2.15. The van der Waals surface area contributed by atoms with Crippen molar-refractivity contribution in [2.45, 2.75) is 32.7 Å². The number of aromatic nitrogens is 1. The molecule has 1 aromatic heterocycles. The predicted octanol–water partition coefficient (Wildman–Crippen LogP) is 3.42. The molecule has 0 aliphatic heterocycles. The van der Waals surface area contributed by atoms with Gasteiger partial charge in [0.05, 0.1) is 5.56 Å². The lowest BCUT2D eigenvalue weighted by molar-refractivity contribution is 0.0934. The molecule has 0 bridgehead atoms. The minimum absolute atomic E-state index is 0.174. The number of pyridine rings is 1. The van der Waals surface area contributed by atoms with Gasteiger partial charge in [-0.05, 0) is 34.8 Å². The first-order valence-corrected chi connectivity index (χ1v) is 6.37. The summed E-state index contributed by atoms with van der Waals surface area (Å²) in [5.74, 6) is -0.174. The molecular weight excluding hydrogens is 291 g/mol. The van der Waals surface area contributed by atoms with Crippen molar-refractivity contribution < 1.29 is 4.79 Å². The van der Waals surface area contributed by atoms with Gasteiger partial charge in [0.1, 0.15) is 5.15 Å². The Morgan fingerprint density at radius 2 is 2.19 bits per heavy atom. The summed E-state index contributed by atoms with van der Waals surface area (Å²) in [4.78, 5) is 15.8. The number of hydrogen-bond donors (Lipinski definition) is 1. The Kier molecular flexibility index (Phi) is 5.22. The highest BCUT2D eigenvalue weighted by Crippen LogP contribution is 2.18. The van der Waals surface area contributed by atoms with E-state index < -0.39 is 0 Å². The van der Waals surface area contributed by atoms with Crippen LogP contribution in [0.3, 0.4) is 0 Å². The van der Waals surface area contributed by atoms with Crippen LogP contribution in [0.15, 0.2) is 16.7 Å². The first kappa shape index (κ1) is 13.5. The van der Waals surface area contributed by atoms with E-state index in [1.165, 1.54) is 0 Å². The van der Waals surface area contributed by atoms with Crippen molar-refractivity contribution >= 4 is 33.4 Å². The zero-order valence-corrected chi connectivity index (χ0v) is 11.6. The second-order valence-electron chi connectivity index (χ2n) is 3.48. The molecule has 3 nitrogen and oxygen atoms in total. The Morgan fingerprint density at radius 3 is 2.75 bits per heavy atom. The summed E-state index contributed by atoms with van der Waals surface area (Å²) in [6.07, 6.45) is 3.37. The van der Waals surface area contributed by atoms with Gasteiger partial charge in [0.25, 0.3) is 5.91 Å². The Labute approximate surface area is 109 Å². The predicted molar refractivity (Wildman–Crippen MR) is 68.8 cm³/mol. The van der Waals surface area contributed by atoms with Crippen LogP contribution in [0.5, 0.6) is 0 Å². The van der Waals surface area contributed by atoms with Crippen LogP contribution in [-0.2, 0) is 0 Å². The summed E-state index contributed by atoms with van der Waals surface area (Å²) >= 11 is 9.13. The first-order valence-electron chi connectivity index (χ1n) is 5.20. The van der Waals surface area contributed by atoms with E-state index in [1.807, 2.05) is 13.8 Å². The number of carbonyl (C=O) groups excluding carboxylic acids is 1. The molecule has 0 saturated heterocycles. The fraction of sp³-hybridized carbons (Fsp3) is 0.455. The molecular formula is C11H14BrClN2O. The topological polar surface area (TPSA) is 42.0 Å². The summed E-state index contributed by atoms with van der Waals surface area (Å²) in [6, 6.07) is 1.86. The van der Waals surface area contributed by atoms with E-state index in [4.69, 9.17) is 11.6 Å². The second-order valence-corrected chi connectivity index (χ2v) is 4.75. The Bertz CT molecular complexity index is 380. The third-order valence-corrected chi connectivity index (χ3v) is 3.11. The number of nitrogens with one attached hydrogen (secondary N) is 1. The van der Waals surface area contributed by atoms with E-state index in [1.54, 1.807) is 12.3 Å². The summed E-state index contributed by atoms with van der Waals surface area (Å²) in [5, 5.41) is 3.14. The molecule has 1 amide bonds. The minimum Gasteiger partial charge on any atom is -0.349 e. The van der Waals surface area contributed by atoms with Crippen molar-refractivity contribution in [3.63, 3.8) is 0 Å². The lowest BCUT2D eigenvalue weighted by atomic mass is 10.1. The van der Waals surface area contributed by atoms with Gasteiger partial charge in [0, 0.05) is 16.7 Å². The monoisotopic (exact) mass is 304 g/mol. The molecule has 0 atom stereocenters. The molecule has 0 aliphatic carbocycles. The Hall–Kier alpha value is -0.610. The maximum atomic E-state index is 11.9. The third kappa shape index (κ3) is 3.46. The van der Waals surface area contributed by atoms with Crippen LogP contribution in [0.25, 0.3) is 0 Å². The van der Waals surface area contributed by atoms with Gasteiger partial charge in [-0.1, -0.05) is 25.4 Å². The fourth-order valence-corrected chi connectivity index (χ4v) is 1.86. The SMILES string of the molecule is CCC(CC)NC(=O)c1cc(Br)cnc1Cl. The smallest absolute Gasteiger partial charge is 0.254 e. The first-order chi connectivity index (χ1) is 7.58. The van der Waals surface area contributed by atoms with E-state index in [0.717, 1.165) is 17.3 Å². The van der Waals surface area contributed by atoms with Crippen molar-refractivity contribution in [1.29, 1.82) is 0 Å². The molecule has 88 valence electrons. The van der Waals surface area contributed by atoms with Crippen molar-refractivity contribution in [3.8, 4) is 0 Å². The van der Waals surface area contributed by atoms with Crippen molar-refractivity contribution in [3.05, 3.63) is 27.5 Å². The Balaban J connectivity index is 2.83. The molecule has 5 heteroatoms. The van der Waals surface area contributed by atoms with Crippen LogP contribution in [0.2, 0.25) is 5.15 Å². The van der Waals surface area contributed by atoms with Gasteiger partial charge in [0.2, 0.25) is 0 Å². The molecule has 1 heterocycles. The van der Waals surface area contributed by atoms with E-state index in [-0.39, 0.29) is 17.1 Å². The maximum absolute atomic E-state index is 11.9. The minimum atomic E-state index is -0.174. The van der Waals surface area contributed by atoms with E-state index in [0.29, 0.717) is 5.56 Å². The van der Waals surface area contributed by atoms with Crippen LogP contribution >= 0.6 is 27.5 Å². The van der Waals surface area contributed by atoms with Crippen molar-refractivity contribution in [2.24, 2.45) is 0 Å². The van der Waals surface area contributed by atoms with Crippen LogP contribution < -0.4 is 5.32 Å². The number of hydrogen-bond acceptors (Lipinski definition) is 2. The van der Waals surface area contributed by atoms with E-state index in [9.17, 15) is 4.79 Å². The fourth-order valence-electron chi connectivity index (χ4n) is 1.34. The number of carbonyl (C=O) groups is 1. The second kappa shape index (κ2) is 6.21. The summed E-state index contributed by atoms with van der Waals surface area (Å²) in [7, 11) is 0. The third-order valence-electron chi connectivity index (χ3n) is 2.37. The molecule has 0 unspecified atom stereocenters. The van der Waals surface area contributed by atoms with E-state index >= 15 is 0 Å². The molecule has 0 aliphatic rings. The standard InChI is InChI=1S/C11H14BrClN2O/c1-3-8(4-2)15-11(16)9-5-7(12)6-14-10(9)13/h5-6,8H,3-4H2,1-2H3,(H,15,16). The highest BCUT2D eigenvalue weighted by Gasteiger charge is 2.14. The molecule has 0 aromatic carbocycles. The molecule has 1 N–H and O–H groups in total. The Morgan fingerprint density at radius 1 is 1.56 bits per heavy atom. The summed E-state index contributed by atoms with van der Waals surface area (Å²) in [5.41, 5.74) is 0.406. The molecule has 1 aromatic rings. The highest BCUT2D eigenvalue weighted by atomic mass is 79.9. The number of rotatable bonds is 4. The van der Waals surface area contributed by atoms with Gasteiger partial charge in [-0.2, -0.15) is 0 Å². The average Bonchev–Trinajstić information content (AvgIpc) is 2.28. The molecule has 0 radical (unpaired) electrons. The van der Waals surface area contributed by atoms with Gasteiger partial charge in [-0.15, -0.1) is 0 Å². The van der Waals surface area contributed by atoms with Crippen LogP contribution in [0, 0.1) is 0 Å². The molecule has 16 heavy (non-hydrogen) atoms. The molecule has 0 saturated carbocycles. The zero-order valence-electron chi connectivity index (χ0n) is 9.26. The van der Waals surface area contributed by atoms with Crippen LogP contribution in [-0.4, -0.2) is 16.9 Å². The quantitative estimate of drug-likeness (QED) is 0.866. The van der Waals surface area contributed by atoms with Crippen molar-refractivity contribution in [2.75, 3.05) is 0 Å². The van der Waals surface area contributed by atoms with Crippen molar-refractivity contribution in [1.82, 2.24) is 10.3 Å². The normalized spacial score (nSPS) is 10.6. The van der Waals surface area contributed by atoms with Gasteiger partial charge in [-0.25, -0.2) is 4.98 Å². The summed E-state index contributed by atoms with van der Waals surface area (Å²) in [6.45, 7) is 4.07. The zero-order chi connectivity index (χ0) is 12.1. The van der Waals surface area contributed by atoms with Crippen LogP contribution in [0.4, 0.5) is 0 Å². The number of halogens is 2. The van der Waals surface area contributed by atoms with Gasteiger partial charge in [-0.3, -0.25) is 4.79 Å². The number of nitrogens with zero attached hydrogens (tertiary/aromatic N) is 1. The average molecular weight is 306 g/mol. The molecule has 1 rings (SSSR count). The maximum Gasteiger partial charge on any atom is 0.254 e. The lowest BCUT2D eigenvalue weighted by Crippen LogP contribution is -2.34.